The van der Waals surface area contributed by atoms with Crippen LogP contribution in [0.25, 0.3) is 0 Å². The van der Waals surface area contributed by atoms with E-state index in [4.69, 9.17) is 0 Å². The number of halogens is 3. The molecule has 1 saturated carbocycles. The maximum Gasteiger partial charge on any atom is 0.299 e. The summed E-state index contributed by atoms with van der Waals surface area (Å²) in [5.74, 6) is -0.298. The first-order valence-electron chi connectivity index (χ1n) is 2.17. The van der Waals surface area contributed by atoms with Gasteiger partial charge >= 0.3 is 0 Å². The summed E-state index contributed by atoms with van der Waals surface area (Å²) in [6, 6.07) is 0. The summed E-state index contributed by atoms with van der Waals surface area (Å²) in [4.78, 5) is 0. The summed E-state index contributed by atoms with van der Waals surface area (Å²) in [5, 5.41) is 0. The summed E-state index contributed by atoms with van der Waals surface area (Å²) >= 11 is 1.20. The molecule has 0 aromatic heterocycles. The second-order valence-corrected chi connectivity index (χ2v) is 3.25. The van der Waals surface area contributed by atoms with Crippen LogP contribution in [-0.2, 0) is 0 Å². The molecule has 3 heteroatoms. The van der Waals surface area contributed by atoms with E-state index >= 15 is 0 Å². The lowest BCUT2D eigenvalue weighted by Gasteiger charge is -2.02. The van der Waals surface area contributed by atoms with Gasteiger partial charge in [-0.25, -0.2) is 0 Å². The van der Waals surface area contributed by atoms with Crippen molar-refractivity contribution >= 4 is 22.6 Å². The van der Waals surface area contributed by atoms with Crippen molar-refractivity contribution in [2.75, 3.05) is 0 Å². The molecule has 1 aliphatic carbocycles. The predicted molar refractivity (Wildman–Crippen MR) is 31.7 cm³/mol. The molecule has 1 aliphatic rings. The topological polar surface area (TPSA) is 0 Å². The third-order valence-electron chi connectivity index (χ3n) is 1.04. The lowest BCUT2D eigenvalue weighted by Crippen LogP contribution is -2.05. The van der Waals surface area contributed by atoms with Gasteiger partial charge in [-0.3, -0.25) is 0 Å². The van der Waals surface area contributed by atoms with E-state index in [9.17, 15) is 8.78 Å². The first-order chi connectivity index (χ1) is 3.11. The van der Waals surface area contributed by atoms with Gasteiger partial charge < -0.3 is 0 Å². The molecule has 0 unspecified atom stereocenters. The van der Waals surface area contributed by atoms with Crippen LogP contribution in [0.4, 0.5) is 8.78 Å². The number of hydrogen-bond donors (Lipinski definition) is 0. The van der Waals surface area contributed by atoms with Crippen molar-refractivity contribution in [3.63, 3.8) is 0 Å². The van der Waals surface area contributed by atoms with Crippen molar-refractivity contribution < 1.29 is 8.78 Å². The third kappa shape index (κ3) is 1.51. The number of alkyl halides is 3. The van der Waals surface area contributed by atoms with Gasteiger partial charge in [0.2, 0.25) is 0 Å². The van der Waals surface area contributed by atoms with E-state index in [1.54, 1.807) is 0 Å². The Kier molecular flexibility index (Phi) is 1.25. The predicted octanol–water partition coefficient (Wildman–Crippen LogP) is 2.42. The van der Waals surface area contributed by atoms with Gasteiger partial charge in [-0.15, -0.1) is 0 Å². The van der Waals surface area contributed by atoms with Crippen LogP contribution < -0.4 is 0 Å². The van der Waals surface area contributed by atoms with Crippen molar-refractivity contribution in [2.45, 2.75) is 16.8 Å². The highest BCUT2D eigenvalue weighted by molar-refractivity contribution is 14.1. The molecule has 0 aliphatic heterocycles. The molecular formula is C4H5F2I. The van der Waals surface area contributed by atoms with Gasteiger partial charge in [-0.1, -0.05) is 0 Å². The highest BCUT2D eigenvalue weighted by Crippen LogP contribution is 2.47. The lowest BCUT2D eigenvalue weighted by molar-refractivity contribution is 0.102. The van der Waals surface area contributed by atoms with Gasteiger partial charge in [0.1, 0.15) is 0 Å². The third-order valence-corrected chi connectivity index (χ3v) is 1.92. The van der Waals surface area contributed by atoms with Gasteiger partial charge in [0, 0.05) is 5.92 Å². The van der Waals surface area contributed by atoms with Crippen LogP contribution in [0.3, 0.4) is 0 Å². The molecule has 0 atom stereocenters. The molecule has 0 nitrogen and oxygen atoms in total. The van der Waals surface area contributed by atoms with Crippen molar-refractivity contribution in [1.82, 2.24) is 0 Å². The Bertz CT molecular complexity index is 72.2. The smallest absolute Gasteiger partial charge is 0.195 e. The molecule has 0 saturated heterocycles. The van der Waals surface area contributed by atoms with Gasteiger partial charge in [-0.2, -0.15) is 8.78 Å². The van der Waals surface area contributed by atoms with Gasteiger partial charge in [0.15, 0.2) is 0 Å². The van der Waals surface area contributed by atoms with Crippen LogP contribution in [0.5, 0.6) is 0 Å². The van der Waals surface area contributed by atoms with E-state index < -0.39 is 3.93 Å². The largest absolute Gasteiger partial charge is 0.299 e. The Morgan fingerprint density at radius 1 is 1.43 bits per heavy atom. The number of hydrogen-bond acceptors (Lipinski definition) is 0. The Labute approximate surface area is 54.4 Å². The average Bonchev–Trinajstić information content (AvgIpc) is 1.99. The Hall–Kier alpha value is 0.590. The molecule has 1 fully saturated rings. The van der Waals surface area contributed by atoms with E-state index in [0.717, 1.165) is 12.8 Å². The van der Waals surface area contributed by atoms with Gasteiger partial charge in [0.05, 0.1) is 0 Å². The first-order valence-corrected chi connectivity index (χ1v) is 3.25. The van der Waals surface area contributed by atoms with Crippen molar-refractivity contribution in [1.29, 1.82) is 0 Å². The molecule has 0 bridgehead atoms. The van der Waals surface area contributed by atoms with E-state index in [0.29, 0.717) is 0 Å². The van der Waals surface area contributed by atoms with Crippen molar-refractivity contribution in [3.8, 4) is 0 Å². The SMILES string of the molecule is FC(F)(I)C1CC1. The van der Waals surface area contributed by atoms with Crippen LogP contribution in [0.1, 0.15) is 12.8 Å². The summed E-state index contributed by atoms with van der Waals surface area (Å²) in [6.07, 6.45) is 1.44. The molecule has 0 amide bonds. The Morgan fingerprint density at radius 2 is 1.86 bits per heavy atom. The van der Waals surface area contributed by atoms with E-state index in [1.807, 2.05) is 0 Å². The second-order valence-electron chi connectivity index (χ2n) is 1.82. The highest BCUT2D eigenvalue weighted by atomic mass is 127. The zero-order valence-electron chi connectivity index (χ0n) is 3.63. The summed E-state index contributed by atoms with van der Waals surface area (Å²) in [7, 11) is 0. The summed E-state index contributed by atoms with van der Waals surface area (Å²) in [5.41, 5.74) is 0. The van der Waals surface area contributed by atoms with Crippen LogP contribution >= 0.6 is 22.6 Å². The van der Waals surface area contributed by atoms with Crippen LogP contribution in [0.15, 0.2) is 0 Å². The monoisotopic (exact) mass is 218 g/mol. The molecule has 0 heterocycles. The fraction of sp³-hybridized carbons (Fsp3) is 1.00. The first kappa shape index (κ1) is 5.72. The molecule has 0 spiro atoms. The zero-order valence-corrected chi connectivity index (χ0v) is 5.78. The lowest BCUT2D eigenvalue weighted by atomic mass is 10.5. The van der Waals surface area contributed by atoms with E-state index in [1.165, 1.54) is 22.6 Å². The minimum atomic E-state index is -2.42. The van der Waals surface area contributed by atoms with Gasteiger partial charge in [-0.05, 0) is 35.4 Å². The summed E-state index contributed by atoms with van der Waals surface area (Å²) < 4.78 is 21.4. The molecular weight excluding hydrogens is 213 g/mol. The quantitative estimate of drug-likeness (QED) is 0.468. The fourth-order valence-electron chi connectivity index (χ4n) is 0.411. The standard InChI is InChI=1S/C4H5F2I/c5-4(6,7)3-1-2-3/h3H,1-2H2. The maximum absolute atomic E-state index is 11.9. The maximum atomic E-state index is 11.9. The molecule has 42 valence electrons. The normalized spacial score (nSPS) is 22.7. The summed E-state index contributed by atoms with van der Waals surface area (Å²) in [6.45, 7) is 0. The molecule has 0 N–H and O–H groups in total. The Morgan fingerprint density at radius 3 is 1.86 bits per heavy atom. The van der Waals surface area contributed by atoms with Crippen LogP contribution in [0, 0.1) is 5.92 Å². The van der Waals surface area contributed by atoms with E-state index in [-0.39, 0.29) is 5.92 Å². The van der Waals surface area contributed by atoms with Gasteiger partial charge in [0.25, 0.3) is 3.93 Å². The minimum absolute atomic E-state index is 0.298. The average molecular weight is 218 g/mol. The van der Waals surface area contributed by atoms with Crippen molar-refractivity contribution in [3.05, 3.63) is 0 Å². The van der Waals surface area contributed by atoms with Crippen molar-refractivity contribution in [2.24, 2.45) is 5.92 Å². The molecule has 0 radical (unpaired) electrons. The molecule has 7 heavy (non-hydrogen) atoms. The van der Waals surface area contributed by atoms with E-state index in [2.05, 4.69) is 0 Å². The second kappa shape index (κ2) is 1.53. The minimum Gasteiger partial charge on any atom is -0.195 e. The zero-order chi connectivity index (χ0) is 5.49. The molecule has 0 aromatic carbocycles. The molecule has 1 rings (SSSR count). The van der Waals surface area contributed by atoms with Crippen LogP contribution in [0.2, 0.25) is 0 Å². The fourth-order valence-corrected chi connectivity index (χ4v) is 1.03. The Balaban J connectivity index is 2.36. The number of rotatable bonds is 1. The molecule has 0 aromatic rings. The highest BCUT2D eigenvalue weighted by Gasteiger charge is 2.43. The van der Waals surface area contributed by atoms with Crippen LogP contribution in [-0.4, -0.2) is 3.93 Å².